The fourth-order valence-corrected chi connectivity index (χ4v) is 2.65. The van der Waals surface area contributed by atoms with E-state index in [1.165, 1.54) is 0 Å². The highest BCUT2D eigenvalue weighted by Crippen LogP contribution is 2.27. The molecule has 0 atom stereocenters. The Hall–Kier alpha value is -2.14. The average Bonchev–Trinajstić information content (AvgIpc) is 2.90. The van der Waals surface area contributed by atoms with Gasteiger partial charge < -0.3 is 9.47 Å². The SMILES string of the molecule is COc1ccc2c(OCc3nc(C)cs3)ccnc2c1. The van der Waals surface area contributed by atoms with Crippen LogP contribution in [0.5, 0.6) is 11.5 Å². The fourth-order valence-electron chi connectivity index (χ4n) is 1.96. The molecule has 1 aromatic carbocycles. The minimum absolute atomic E-state index is 0.476. The van der Waals surface area contributed by atoms with Gasteiger partial charge in [0.25, 0.3) is 0 Å². The van der Waals surface area contributed by atoms with E-state index in [0.717, 1.165) is 33.1 Å². The molecule has 5 heteroatoms. The molecule has 3 aromatic rings. The summed E-state index contributed by atoms with van der Waals surface area (Å²) in [5.74, 6) is 1.60. The van der Waals surface area contributed by atoms with E-state index in [2.05, 4.69) is 9.97 Å². The number of aromatic nitrogens is 2. The number of hydrogen-bond acceptors (Lipinski definition) is 5. The third kappa shape index (κ3) is 2.58. The number of ether oxygens (including phenoxy) is 2. The van der Waals surface area contributed by atoms with Gasteiger partial charge >= 0.3 is 0 Å². The molecule has 2 heterocycles. The number of nitrogens with zero attached hydrogens (tertiary/aromatic N) is 2. The molecular formula is C15H14N2O2S. The predicted molar refractivity (Wildman–Crippen MR) is 79.5 cm³/mol. The smallest absolute Gasteiger partial charge is 0.140 e. The zero-order chi connectivity index (χ0) is 13.9. The molecule has 0 fully saturated rings. The van der Waals surface area contributed by atoms with Gasteiger partial charge in [-0.2, -0.15) is 0 Å². The number of fused-ring (bicyclic) bond motifs is 1. The van der Waals surface area contributed by atoms with Crippen LogP contribution in [0.25, 0.3) is 10.9 Å². The Morgan fingerprint density at radius 1 is 1.25 bits per heavy atom. The lowest BCUT2D eigenvalue weighted by atomic mass is 10.2. The van der Waals surface area contributed by atoms with Crippen molar-refractivity contribution < 1.29 is 9.47 Å². The normalized spacial score (nSPS) is 10.7. The largest absolute Gasteiger partial charge is 0.497 e. The van der Waals surface area contributed by atoms with Gasteiger partial charge in [-0.25, -0.2) is 4.98 Å². The van der Waals surface area contributed by atoms with E-state index in [1.807, 2.05) is 36.6 Å². The van der Waals surface area contributed by atoms with Crippen LogP contribution < -0.4 is 9.47 Å². The molecule has 0 saturated carbocycles. The van der Waals surface area contributed by atoms with Crippen LogP contribution >= 0.6 is 11.3 Å². The first-order chi connectivity index (χ1) is 9.76. The van der Waals surface area contributed by atoms with Gasteiger partial charge in [0.1, 0.15) is 23.1 Å². The second kappa shape index (κ2) is 5.46. The summed E-state index contributed by atoms with van der Waals surface area (Å²) in [5.41, 5.74) is 1.88. The van der Waals surface area contributed by atoms with Gasteiger partial charge in [-0.05, 0) is 25.1 Å². The number of thiazole rings is 1. The van der Waals surface area contributed by atoms with Crippen molar-refractivity contribution in [3.05, 3.63) is 46.5 Å². The first-order valence-corrected chi connectivity index (χ1v) is 7.11. The molecule has 0 radical (unpaired) electrons. The lowest BCUT2D eigenvalue weighted by Crippen LogP contribution is -1.96. The highest BCUT2D eigenvalue weighted by Gasteiger charge is 2.06. The van der Waals surface area contributed by atoms with Crippen molar-refractivity contribution in [2.45, 2.75) is 13.5 Å². The van der Waals surface area contributed by atoms with E-state index in [4.69, 9.17) is 9.47 Å². The zero-order valence-corrected chi connectivity index (χ0v) is 12.1. The van der Waals surface area contributed by atoms with Crippen LogP contribution in [-0.4, -0.2) is 17.1 Å². The number of benzene rings is 1. The third-order valence-corrected chi connectivity index (χ3v) is 3.87. The van der Waals surface area contributed by atoms with Crippen molar-refractivity contribution in [3.63, 3.8) is 0 Å². The first-order valence-electron chi connectivity index (χ1n) is 6.23. The zero-order valence-electron chi connectivity index (χ0n) is 11.3. The summed E-state index contributed by atoms with van der Waals surface area (Å²) < 4.78 is 11.1. The molecule has 0 aliphatic heterocycles. The van der Waals surface area contributed by atoms with Crippen molar-refractivity contribution in [2.24, 2.45) is 0 Å². The van der Waals surface area contributed by atoms with Gasteiger partial charge in [0.2, 0.25) is 0 Å². The van der Waals surface area contributed by atoms with Gasteiger partial charge in [0.15, 0.2) is 0 Å². The van der Waals surface area contributed by atoms with E-state index in [0.29, 0.717) is 6.61 Å². The fraction of sp³-hybridized carbons (Fsp3) is 0.200. The second-order valence-corrected chi connectivity index (χ2v) is 5.31. The Balaban J connectivity index is 1.87. The topological polar surface area (TPSA) is 44.2 Å². The summed E-state index contributed by atoms with van der Waals surface area (Å²) in [5, 5.41) is 3.97. The first kappa shape index (κ1) is 12.9. The standard InChI is InChI=1S/C15H14N2O2S/c1-10-9-20-15(17-10)8-19-14-5-6-16-13-7-11(18-2)3-4-12(13)14/h3-7,9H,8H2,1-2H3. The summed E-state index contributed by atoms with van der Waals surface area (Å²) in [6, 6.07) is 7.64. The van der Waals surface area contributed by atoms with Crippen molar-refractivity contribution in [3.8, 4) is 11.5 Å². The minimum Gasteiger partial charge on any atom is -0.497 e. The second-order valence-electron chi connectivity index (χ2n) is 4.36. The molecule has 0 aliphatic rings. The molecule has 20 heavy (non-hydrogen) atoms. The molecule has 0 unspecified atom stereocenters. The maximum atomic E-state index is 5.86. The molecule has 0 aliphatic carbocycles. The van der Waals surface area contributed by atoms with E-state index >= 15 is 0 Å². The summed E-state index contributed by atoms with van der Waals surface area (Å²) in [6.07, 6.45) is 1.74. The van der Waals surface area contributed by atoms with Gasteiger partial charge in [-0.3, -0.25) is 4.98 Å². The van der Waals surface area contributed by atoms with Gasteiger partial charge in [0.05, 0.1) is 12.6 Å². The minimum atomic E-state index is 0.476. The number of aryl methyl sites for hydroxylation is 1. The lowest BCUT2D eigenvalue weighted by molar-refractivity contribution is 0.309. The molecule has 0 bridgehead atoms. The van der Waals surface area contributed by atoms with Crippen molar-refractivity contribution in [2.75, 3.05) is 7.11 Å². The number of rotatable bonds is 4. The molecular weight excluding hydrogens is 272 g/mol. The molecule has 0 saturated heterocycles. The molecule has 102 valence electrons. The Kier molecular flexibility index (Phi) is 3.52. The quantitative estimate of drug-likeness (QED) is 0.735. The Bertz CT molecular complexity index is 740. The van der Waals surface area contributed by atoms with Crippen molar-refractivity contribution in [1.82, 2.24) is 9.97 Å². The molecule has 3 rings (SSSR count). The van der Waals surface area contributed by atoms with Crippen LogP contribution in [0.1, 0.15) is 10.7 Å². The Labute approximate surface area is 121 Å². The summed E-state index contributed by atoms with van der Waals surface area (Å²) >= 11 is 1.61. The van der Waals surface area contributed by atoms with Crippen LogP contribution in [0.4, 0.5) is 0 Å². The number of methoxy groups -OCH3 is 1. The summed E-state index contributed by atoms with van der Waals surface area (Å²) in [4.78, 5) is 8.73. The molecule has 0 amide bonds. The van der Waals surface area contributed by atoms with Gasteiger partial charge in [-0.1, -0.05) is 0 Å². The van der Waals surface area contributed by atoms with E-state index in [9.17, 15) is 0 Å². The molecule has 2 aromatic heterocycles. The highest BCUT2D eigenvalue weighted by atomic mass is 32.1. The van der Waals surface area contributed by atoms with Crippen LogP contribution in [0.2, 0.25) is 0 Å². The van der Waals surface area contributed by atoms with Gasteiger partial charge in [-0.15, -0.1) is 11.3 Å². The Morgan fingerprint density at radius 2 is 2.15 bits per heavy atom. The molecule has 4 nitrogen and oxygen atoms in total. The average molecular weight is 286 g/mol. The van der Waals surface area contributed by atoms with E-state index in [1.54, 1.807) is 24.6 Å². The highest BCUT2D eigenvalue weighted by molar-refractivity contribution is 7.09. The van der Waals surface area contributed by atoms with E-state index in [-0.39, 0.29) is 0 Å². The lowest BCUT2D eigenvalue weighted by Gasteiger charge is -2.08. The van der Waals surface area contributed by atoms with E-state index < -0.39 is 0 Å². The van der Waals surface area contributed by atoms with Crippen LogP contribution in [0, 0.1) is 6.92 Å². The summed E-state index contributed by atoms with van der Waals surface area (Å²) in [6.45, 7) is 2.46. The van der Waals surface area contributed by atoms with Crippen LogP contribution in [0.15, 0.2) is 35.8 Å². The van der Waals surface area contributed by atoms with Crippen molar-refractivity contribution >= 4 is 22.2 Å². The van der Waals surface area contributed by atoms with Crippen LogP contribution in [-0.2, 0) is 6.61 Å². The monoisotopic (exact) mass is 286 g/mol. The molecule has 0 spiro atoms. The number of hydrogen-bond donors (Lipinski definition) is 0. The Morgan fingerprint density at radius 3 is 2.90 bits per heavy atom. The third-order valence-electron chi connectivity index (χ3n) is 2.93. The van der Waals surface area contributed by atoms with Crippen molar-refractivity contribution in [1.29, 1.82) is 0 Å². The van der Waals surface area contributed by atoms with Gasteiger partial charge in [0, 0.05) is 28.7 Å². The maximum absolute atomic E-state index is 5.86. The predicted octanol–water partition coefficient (Wildman–Crippen LogP) is 3.59. The summed E-state index contributed by atoms with van der Waals surface area (Å²) in [7, 11) is 1.65. The van der Waals surface area contributed by atoms with Crippen LogP contribution in [0.3, 0.4) is 0 Å². The number of pyridine rings is 1. The molecule has 0 N–H and O–H groups in total. The maximum Gasteiger partial charge on any atom is 0.140 e.